The van der Waals surface area contributed by atoms with Crippen molar-refractivity contribution >= 4 is 11.9 Å². The van der Waals surface area contributed by atoms with E-state index in [-0.39, 0.29) is 30.1 Å². The SMILES string of the molecule is O=C1/C(=C\c2cccc(C(F)(F)F)c2)COc2cc(OCc3cnn(-c4ccccc4)c3)ccc21. The molecule has 0 spiro atoms. The molecule has 2 heterocycles. The van der Waals surface area contributed by atoms with Crippen LogP contribution in [0.25, 0.3) is 11.8 Å². The number of ether oxygens (including phenoxy) is 2. The zero-order chi connectivity index (χ0) is 24.4. The topological polar surface area (TPSA) is 53.4 Å². The molecule has 35 heavy (non-hydrogen) atoms. The van der Waals surface area contributed by atoms with Crippen LogP contribution in [0.5, 0.6) is 11.5 Å². The van der Waals surface area contributed by atoms with Gasteiger partial charge in [-0.2, -0.15) is 18.3 Å². The Kier molecular flexibility index (Phi) is 5.86. The minimum atomic E-state index is -4.45. The molecule has 0 aliphatic carbocycles. The first kappa shape index (κ1) is 22.5. The Labute approximate surface area is 199 Å². The number of ketones is 1. The van der Waals surface area contributed by atoms with Crippen molar-refractivity contribution in [3.05, 3.63) is 113 Å². The quantitative estimate of drug-likeness (QED) is 0.325. The van der Waals surface area contributed by atoms with Crippen LogP contribution in [0.1, 0.15) is 27.0 Å². The zero-order valence-electron chi connectivity index (χ0n) is 18.3. The largest absolute Gasteiger partial charge is 0.489 e. The molecule has 1 aliphatic rings. The zero-order valence-corrected chi connectivity index (χ0v) is 18.3. The van der Waals surface area contributed by atoms with E-state index in [0.717, 1.165) is 23.4 Å². The molecule has 1 aliphatic heterocycles. The van der Waals surface area contributed by atoms with Crippen LogP contribution in [-0.4, -0.2) is 22.2 Å². The third-order valence-electron chi connectivity index (χ3n) is 5.49. The van der Waals surface area contributed by atoms with Gasteiger partial charge in [-0.3, -0.25) is 4.79 Å². The maximum absolute atomic E-state index is 13.0. The van der Waals surface area contributed by atoms with E-state index in [1.54, 1.807) is 29.1 Å². The van der Waals surface area contributed by atoms with Gasteiger partial charge < -0.3 is 9.47 Å². The molecule has 0 bridgehead atoms. The van der Waals surface area contributed by atoms with Crippen molar-refractivity contribution in [2.75, 3.05) is 6.61 Å². The second kappa shape index (κ2) is 9.13. The first-order valence-corrected chi connectivity index (χ1v) is 10.8. The van der Waals surface area contributed by atoms with Gasteiger partial charge in [0.25, 0.3) is 0 Å². The lowest BCUT2D eigenvalue weighted by molar-refractivity contribution is -0.137. The normalized spacial score (nSPS) is 14.5. The third-order valence-corrected chi connectivity index (χ3v) is 5.49. The van der Waals surface area contributed by atoms with Crippen LogP contribution >= 0.6 is 0 Å². The van der Waals surface area contributed by atoms with Crippen molar-refractivity contribution < 1.29 is 27.4 Å². The molecule has 0 radical (unpaired) electrons. The summed E-state index contributed by atoms with van der Waals surface area (Å²) < 4.78 is 52.3. The summed E-state index contributed by atoms with van der Waals surface area (Å²) in [6, 6.07) is 19.4. The van der Waals surface area contributed by atoms with Crippen LogP contribution in [-0.2, 0) is 12.8 Å². The Balaban J connectivity index is 1.28. The third kappa shape index (κ3) is 4.96. The Bertz CT molecular complexity index is 1410. The molecule has 0 atom stereocenters. The number of para-hydroxylation sites is 1. The van der Waals surface area contributed by atoms with Gasteiger partial charge in [-0.05, 0) is 48.0 Å². The van der Waals surface area contributed by atoms with Crippen molar-refractivity contribution in [3.8, 4) is 17.2 Å². The summed E-state index contributed by atoms with van der Waals surface area (Å²) in [5.41, 5.74) is 1.93. The van der Waals surface area contributed by atoms with Crippen LogP contribution < -0.4 is 9.47 Å². The van der Waals surface area contributed by atoms with Crippen molar-refractivity contribution in [3.63, 3.8) is 0 Å². The number of halogens is 3. The number of Topliss-reactive ketones (excluding diaryl/α,β-unsaturated/α-hetero) is 1. The summed E-state index contributed by atoms with van der Waals surface area (Å²) in [4.78, 5) is 12.9. The minimum Gasteiger partial charge on any atom is -0.489 e. The van der Waals surface area contributed by atoms with E-state index in [1.165, 1.54) is 18.2 Å². The van der Waals surface area contributed by atoms with Crippen molar-refractivity contribution in [2.24, 2.45) is 0 Å². The van der Waals surface area contributed by atoms with E-state index < -0.39 is 11.7 Å². The number of nitrogens with zero attached hydrogens (tertiary/aromatic N) is 2. The molecule has 5 nitrogen and oxygen atoms in total. The lowest BCUT2D eigenvalue weighted by Crippen LogP contribution is -2.19. The molecule has 0 saturated carbocycles. The van der Waals surface area contributed by atoms with Crippen molar-refractivity contribution in [1.82, 2.24) is 9.78 Å². The molecule has 0 N–H and O–H groups in total. The highest BCUT2D eigenvalue weighted by Gasteiger charge is 2.30. The lowest BCUT2D eigenvalue weighted by Gasteiger charge is -2.20. The van der Waals surface area contributed by atoms with Gasteiger partial charge in [0.15, 0.2) is 5.78 Å². The van der Waals surface area contributed by atoms with Crippen LogP contribution in [0.2, 0.25) is 0 Å². The summed E-state index contributed by atoms with van der Waals surface area (Å²) in [5, 5.41) is 4.34. The van der Waals surface area contributed by atoms with Gasteiger partial charge >= 0.3 is 6.18 Å². The minimum absolute atomic E-state index is 0.0463. The molecular weight excluding hydrogens is 457 g/mol. The summed E-state index contributed by atoms with van der Waals surface area (Å²) in [6.45, 7) is 0.232. The van der Waals surface area contributed by atoms with Gasteiger partial charge in [-0.15, -0.1) is 0 Å². The number of benzene rings is 3. The molecule has 8 heteroatoms. The average molecular weight is 476 g/mol. The Morgan fingerprint density at radius 3 is 2.66 bits per heavy atom. The second-order valence-electron chi connectivity index (χ2n) is 7.99. The van der Waals surface area contributed by atoms with Gasteiger partial charge in [0.05, 0.1) is 23.0 Å². The number of aromatic nitrogens is 2. The predicted octanol–water partition coefficient (Wildman–Crippen LogP) is 6.13. The Morgan fingerprint density at radius 2 is 1.86 bits per heavy atom. The van der Waals surface area contributed by atoms with E-state index >= 15 is 0 Å². The van der Waals surface area contributed by atoms with Crippen LogP contribution in [0.3, 0.4) is 0 Å². The van der Waals surface area contributed by atoms with E-state index in [0.29, 0.717) is 17.1 Å². The standard InChI is InChI=1S/C27H19F3N2O3/c28-27(29,30)21-6-4-5-18(12-21)11-20-17-35-25-13-23(9-10-24(25)26(20)33)34-16-19-14-31-32(15-19)22-7-2-1-3-8-22/h1-15H,16-17H2/b20-11-. The van der Waals surface area contributed by atoms with E-state index in [2.05, 4.69) is 5.10 Å². The fourth-order valence-electron chi connectivity index (χ4n) is 3.73. The molecule has 0 fully saturated rings. The lowest BCUT2D eigenvalue weighted by atomic mass is 9.98. The Morgan fingerprint density at radius 1 is 1.03 bits per heavy atom. The second-order valence-corrected chi connectivity index (χ2v) is 7.99. The summed E-state index contributed by atoms with van der Waals surface area (Å²) in [5.74, 6) is 0.599. The summed E-state index contributed by atoms with van der Waals surface area (Å²) in [6.07, 6.45) is 0.565. The first-order valence-electron chi connectivity index (χ1n) is 10.8. The van der Waals surface area contributed by atoms with Crippen molar-refractivity contribution in [2.45, 2.75) is 12.8 Å². The maximum Gasteiger partial charge on any atom is 0.416 e. The predicted molar refractivity (Wildman–Crippen MR) is 124 cm³/mol. The summed E-state index contributed by atoms with van der Waals surface area (Å²) >= 11 is 0. The highest BCUT2D eigenvalue weighted by atomic mass is 19.4. The van der Waals surface area contributed by atoms with Gasteiger partial charge in [0.2, 0.25) is 0 Å². The molecule has 1 aromatic heterocycles. The molecule has 0 saturated heterocycles. The van der Waals surface area contributed by atoms with Crippen LogP contribution in [0, 0.1) is 0 Å². The number of fused-ring (bicyclic) bond motifs is 1. The number of hydrogen-bond acceptors (Lipinski definition) is 4. The molecule has 3 aromatic carbocycles. The van der Waals surface area contributed by atoms with E-state index in [9.17, 15) is 18.0 Å². The molecule has 0 unspecified atom stereocenters. The molecule has 4 aromatic rings. The van der Waals surface area contributed by atoms with Crippen molar-refractivity contribution in [1.29, 1.82) is 0 Å². The molecule has 0 amide bonds. The van der Waals surface area contributed by atoms with Gasteiger partial charge in [0, 0.05) is 23.4 Å². The maximum atomic E-state index is 13.0. The molecule has 176 valence electrons. The van der Waals surface area contributed by atoms with Crippen LogP contribution in [0.4, 0.5) is 13.2 Å². The fraction of sp³-hybridized carbons (Fsp3) is 0.111. The molecular formula is C27H19F3N2O3. The Hall–Kier alpha value is -4.33. The van der Waals surface area contributed by atoms with Gasteiger partial charge in [-0.25, -0.2) is 4.68 Å². The number of alkyl halides is 3. The number of carbonyl (C=O) groups excluding carboxylic acids is 1. The van der Waals surface area contributed by atoms with Crippen LogP contribution in [0.15, 0.2) is 90.8 Å². The highest BCUT2D eigenvalue weighted by Crippen LogP contribution is 2.33. The van der Waals surface area contributed by atoms with Gasteiger partial charge in [0.1, 0.15) is 24.7 Å². The number of carbonyl (C=O) groups is 1. The van der Waals surface area contributed by atoms with E-state index in [1.807, 2.05) is 36.5 Å². The van der Waals surface area contributed by atoms with E-state index in [4.69, 9.17) is 9.47 Å². The monoisotopic (exact) mass is 476 g/mol. The van der Waals surface area contributed by atoms with Gasteiger partial charge in [-0.1, -0.05) is 30.3 Å². The smallest absolute Gasteiger partial charge is 0.416 e. The fourth-order valence-corrected chi connectivity index (χ4v) is 3.73. The number of rotatable bonds is 5. The number of hydrogen-bond donors (Lipinski definition) is 0. The first-order chi connectivity index (χ1) is 16.9. The summed E-state index contributed by atoms with van der Waals surface area (Å²) in [7, 11) is 0. The average Bonchev–Trinajstić information content (AvgIpc) is 3.34. The highest BCUT2D eigenvalue weighted by molar-refractivity contribution is 6.14. The molecule has 5 rings (SSSR count).